The van der Waals surface area contributed by atoms with Gasteiger partial charge in [-0.1, -0.05) is 6.08 Å². The maximum absolute atomic E-state index is 9.47. The molecule has 0 aliphatic carbocycles. The van der Waals surface area contributed by atoms with Gasteiger partial charge < -0.3 is 20.1 Å². The van der Waals surface area contributed by atoms with E-state index in [4.69, 9.17) is 4.74 Å². The van der Waals surface area contributed by atoms with Gasteiger partial charge in [-0.3, -0.25) is 0 Å². The monoisotopic (exact) mass is 188 g/mol. The van der Waals surface area contributed by atoms with Gasteiger partial charge in [0.1, 0.15) is 18.3 Å². The Morgan fingerprint density at radius 1 is 1.23 bits per heavy atom. The third-order valence-electron chi connectivity index (χ3n) is 2.35. The zero-order valence-corrected chi connectivity index (χ0v) is 7.63. The maximum Gasteiger partial charge on any atom is 0.111 e. The molecular formula is C9H16O4. The minimum Gasteiger partial charge on any atom is -0.388 e. The zero-order chi connectivity index (χ0) is 10.0. The van der Waals surface area contributed by atoms with E-state index in [-0.39, 0.29) is 0 Å². The Bertz CT molecular complexity index is 182. The van der Waals surface area contributed by atoms with Crippen molar-refractivity contribution in [3.63, 3.8) is 0 Å². The van der Waals surface area contributed by atoms with E-state index in [0.717, 1.165) is 0 Å². The van der Waals surface area contributed by atoms with E-state index < -0.39 is 30.5 Å². The van der Waals surface area contributed by atoms with Gasteiger partial charge in [0, 0.05) is 0 Å². The van der Waals surface area contributed by atoms with Crippen LogP contribution in [-0.4, -0.2) is 45.8 Å². The first-order valence-electron chi connectivity index (χ1n) is 4.38. The van der Waals surface area contributed by atoms with Gasteiger partial charge in [-0.15, -0.1) is 6.58 Å². The molecule has 5 atom stereocenters. The highest BCUT2D eigenvalue weighted by Crippen LogP contribution is 2.22. The second-order valence-electron chi connectivity index (χ2n) is 3.38. The summed E-state index contributed by atoms with van der Waals surface area (Å²) in [5.41, 5.74) is 0. The molecule has 0 bridgehead atoms. The van der Waals surface area contributed by atoms with Gasteiger partial charge >= 0.3 is 0 Å². The standard InChI is InChI=1S/C9H16O4/c1-3-4-6-8(11)9(12)7(10)5(2)13-6/h3,5-12H,1,4H2,2H3. The molecule has 1 heterocycles. The van der Waals surface area contributed by atoms with Crippen molar-refractivity contribution in [3.8, 4) is 0 Å². The Kier molecular flexibility index (Phi) is 3.44. The van der Waals surface area contributed by atoms with Crippen molar-refractivity contribution < 1.29 is 20.1 Å². The lowest BCUT2D eigenvalue weighted by Crippen LogP contribution is -2.56. The molecule has 0 saturated carbocycles. The Morgan fingerprint density at radius 2 is 1.85 bits per heavy atom. The summed E-state index contributed by atoms with van der Waals surface area (Å²) in [6, 6.07) is 0. The second kappa shape index (κ2) is 4.19. The van der Waals surface area contributed by atoms with E-state index >= 15 is 0 Å². The van der Waals surface area contributed by atoms with E-state index in [1.807, 2.05) is 0 Å². The van der Waals surface area contributed by atoms with Crippen molar-refractivity contribution in [3.05, 3.63) is 12.7 Å². The summed E-state index contributed by atoms with van der Waals surface area (Å²) >= 11 is 0. The molecule has 0 radical (unpaired) electrons. The van der Waals surface area contributed by atoms with Gasteiger partial charge in [0.05, 0.1) is 12.2 Å². The Hall–Kier alpha value is -0.420. The third kappa shape index (κ3) is 2.08. The van der Waals surface area contributed by atoms with E-state index in [2.05, 4.69) is 6.58 Å². The predicted molar refractivity (Wildman–Crippen MR) is 47.2 cm³/mol. The fourth-order valence-corrected chi connectivity index (χ4v) is 1.50. The number of aliphatic hydroxyl groups excluding tert-OH is 3. The van der Waals surface area contributed by atoms with Gasteiger partial charge in [-0.25, -0.2) is 0 Å². The lowest BCUT2D eigenvalue weighted by molar-refractivity contribution is -0.215. The summed E-state index contributed by atoms with van der Waals surface area (Å²) in [4.78, 5) is 0. The molecule has 0 spiro atoms. The van der Waals surface area contributed by atoms with E-state index in [1.54, 1.807) is 13.0 Å². The van der Waals surface area contributed by atoms with Gasteiger partial charge in [0.2, 0.25) is 0 Å². The molecule has 1 fully saturated rings. The van der Waals surface area contributed by atoms with Gasteiger partial charge in [0.15, 0.2) is 0 Å². The molecule has 0 amide bonds. The summed E-state index contributed by atoms with van der Waals surface area (Å²) in [6.45, 7) is 5.19. The van der Waals surface area contributed by atoms with Crippen molar-refractivity contribution in [2.24, 2.45) is 0 Å². The first-order chi connectivity index (χ1) is 6.07. The number of ether oxygens (including phenoxy) is 1. The highest BCUT2D eigenvalue weighted by Gasteiger charge is 2.40. The fraction of sp³-hybridized carbons (Fsp3) is 0.778. The summed E-state index contributed by atoms with van der Waals surface area (Å²) in [5, 5.41) is 28.2. The van der Waals surface area contributed by atoms with Crippen LogP contribution in [0, 0.1) is 0 Å². The quantitative estimate of drug-likeness (QED) is 0.508. The average molecular weight is 188 g/mol. The molecular weight excluding hydrogens is 172 g/mol. The minimum absolute atomic E-state index is 0.455. The number of hydrogen-bond acceptors (Lipinski definition) is 4. The SMILES string of the molecule is C=CCC1OC(C)C(O)C(O)C1O. The topological polar surface area (TPSA) is 69.9 Å². The van der Waals surface area contributed by atoms with Crippen molar-refractivity contribution in [2.75, 3.05) is 0 Å². The van der Waals surface area contributed by atoms with Crippen LogP contribution in [0.2, 0.25) is 0 Å². The van der Waals surface area contributed by atoms with Crippen LogP contribution in [0.1, 0.15) is 13.3 Å². The fourth-order valence-electron chi connectivity index (χ4n) is 1.50. The van der Waals surface area contributed by atoms with Crippen LogP contribution in [0.5, 0.6) is 0 Å². The van der Waals surface area contributed by atoms with Crippen LogP contribution in [0.3, 0.4) is 0 Å². The van der Waals surface area contributed by atoms with Crippen LogP contribution in [0.25, 0.3) is 0 Å². The largest absolute Gasteiger partial charge is 0.388 e. The van der Waals surface area contributed by atoms with Crippen LogP contribution in [0.15, 0.2) is 12.7 Å². The molecule has 0 aromatic rings. The van der Waals surface area contributed by atoms with Crippen LogP contribution >= 0.6 is 0 Å². The van der Waals surface area contributed by atoms with E-state index in [1.165, 1.54) is 0 Å². The van der Waals surface area contributed by atoms with E-state index in [0.29, 0.717) is 6.42 Å². The summed E-state index contributed by atoms with van der Waals surface area (Å²) in [5.74, 6) is 0. The third-order valence-corrected chi connectivity index (χ3v) is 2.35. The molecule has 4 nitrogen and oxygen atoms in total. The molecule has 1 aliphatic heterocycles. The number of hydrogen-bond donors (Lipinski definition) is 3. The summed E-state index contributed by atoms with van der Waals surface area (Å²) in [7, 11) is 0. The van der Waals surface area contributed by atoms with Crippen LogP contribution in [-0.2, 0) is 4.74 Å². The van der Waals surface area contributed by atoms with Crippen molar-refractivity contribution >= 4 is 0 Å². The molecule has 0 aromatic carbocycles. The first-order valence-corrected chi connectivity index (χ1v) is 4.38. The highest BCUT2D eigenvalue weighted by molar-refractivity contribution is 4.92. The minimum atomic E-state index is -1.13. The lowest BCUT2D eigenvalue weighted by atomic mass is 9.94. The summed E-state index contributed by atoms with van der Waals surface area (Å²) < 4.78 is 5.29. The molecule has 1 aliphatic rings. The molecule has 1 saturated heterocycles. The zero-order valence-electron chi connectivity index (χ0n) is 7.63. The predicted octanol–water partition coefficient (Wildman–Crippen LogP) is -0.567. The molecule has 13 heavy (non-hydrogen) atoms. The molecule has 0 aromatic heterocycles. The van der Waals surface area contributed by atoms with Crippen LogP contribution < -0.4 is 0 Å². The molecule has 76 valence electrons. The van der Waals surface area contributed by atoms with Gasteiger partial charge in [-0.2, -0.15) is 0 Å². The highest BCUT2D eigenvalue weighted by atomic mass is 16.5. The van der Waals surface area contributed by atoms with Crippen molar-refractivity contribution in [2.45, 2.75) is 43.9 Å². The van der Waals surface area contributed by atoms with Crippen molar-refractivity contribution in [1.82, 2.24) is 0 Å². The molecule has 3 N–H and O–H groups in total. The number of rotatable bonds is 2. The molecule has 4 heteroatoms. The van der Waals surface area contributed by atoms with Gasteiger partial charge in [-0.05, 0) is 13.3 Å². The number of aliphatic hydroxyl groups is 3. The Morgan fingerprint density at radius 3 is 2.38 bits per heavy atom. The van der Waals surface area contributed by atoms with Crippen molar-refractivity contribution in [1.29, 1.82) is 0 Å². The Labute approximate surface area is 77.5 Å². The normalized spacial score (nSPS) is 46.0. The van der Waals surface area contributed by atoms with Gasteiger partial charge in [0.25, 0.3) is 0 Å². The molecule has 5 unspecified atom stereocenters. The van der Waals surface area contributed by atoms with E-state index in [9.17, 15) is 15.3 Å². The lowest BCUT2D eigenvalue weighted by Gasteiger charge is -2.39. The average Bonchev–Trinajstić information content (AvgIpc) is 2.11. The maximum atomic E-state index is 9.47. The first kappa shape index (κ1) is 10.7. The molecule has 1 rings (SSSR count). The van der Waals surface area contributed by atoms with Crippen LogP contribution in [0.4, 0.5) is 0 Å². The summed E-state index contributed by atoms with van der Waals surface area (Å²) in [6.07, 6.45) is -2.02. The smallest absolute Gasteiger partial charge is 0.111 e. The Balaban J connectivity index is 2.64. The second-order valence-corrected chi connectivity index (χ2v) is 3.38.